The normalized spacial score (nSPS) is 18.3. The first-order valence-electron chi connectivity index (χ1n) is 16.7. The van der Waals surface area contributed by atoms with Crippen LogP contribution < -0.4 is 0 Å². The van der Waals surface area contributed by atoms with Crippen LogP contribution in [0.2, 0.25) is 5.02 Å². The number of hydrogen-bond donors (Lipinski definition) is 0. The molecule has 0 radical (unpaired) electrons. The molecule has 4 aromatic rings. The number of imidazole rings is 1. The predicted octanol–water partition coefficient (Wildman–Crippen LogP) is 7.33. The molecule has 11 heteroatoms. The van der Waals surface area contributed by atoms with E-state index in [1.54, 1.807) is 11.1 Å². The number of nitrogens with zero attached hydrogens (tertiary/aromatic N) is 6. The summed E-state index contributed by atoms with van der Waals surface area (Å²) in [5.41, 5.74) is 5.25. The molecule has 0 spiro atoms. The molecule has 1 fully saturated rings. The number of benzene rings is 2. The molecular formula is C37H44BrClN6O3. The number of halogens is 2. The first-order chi connectivity index (χ1) is 23.1. The van der Waals surface area contributed by atoms with Gasteiger partial charge in [0.15, 0.2) is 6.23 Å². The monoisotopic (exact) mass is 734 g/mol. The number of carbonyl (C=O) groups is 1. The van der Waals surface area contributed by atoms with Gasteiger partial charge in [0, 0.05) is 67.4 Å². The zero-order valence-electron chi connectivity index (χ0n) is 27.9. The number of carbonyl (C=O) groups excluding carboxylic acids is 1. The maximum absolute atomic E-state index is 13.7. The van der Waals surface area contributed by atoms with Crippen LogP contribution in [0.4, 0.5) is 4.79 Å². The van der Waals surface area contributed by atoms with Crippen LogP contribution in [0.1, 0.15) is 61.2 Å². The Morgan fingerprint density at radius 1 is 1.06 bits per heavy atom. The van der Waals surface area contributed by atoms with Gasteiger partial charge in [-0.25, -0.2) is 9.78 Å². The maximum atomic E-state index is 13.7. The van der Waals surface area contributed by atoms with E-state index in [4.69, 9.17) is 26.2 Å². The van der Waals surface area contributed by atoms with Gasteiger partial charge in [0.25, 0.3) is 0 Å². The highest BCUT2D eigenvalue weighted by atomic mass is 79.9. The Hall–Kier alpha value is -3.28. The topological polar surface area (TPSA) is 76.0 Å². The second kappa shape index (κ2) is 15.5. The molecule has 1 unspecified atom stereocenters. The van der Waals surface area contributed by atoms with E-state index in [1.807, 2.05) is 56.7 Å². The van der Waals surface area contributed by atoms with Crippen LogP contribution in [0.25, 0.3) is 0 Å². The lowest BCUT2D eigenvalue weighted by Crippen LogP contribution is -2.59. The van der Waals surface area contributed by atoms with E-state index >= 15 is 0 Å². The first kappa shape index (κ1) is 34.6. The summed E-state index contributed by atoms with van der Waals surface area (Å²) in [6.45, 7) is 9.43. The molecule has 2 aromatic carbocycles. The second-order valence-corrected chi connectivity index (χ2v) is 14.8. The van der Waals surface area contributed by atoms with Gasteiger partial charge in [0.1, 0.15) is 5.60 Å². The van der Waals surface area contributed by atoms with E-state index < -0.39 is 11.8 Å². The molecule has 48 heavy (non-hydrogen) atoms. The minimum atomic E-state index is -0.633. The van der Waals surface area contributed by atoms with Crippen LogP contribution in [0.5, 0.6) is 0 Å². The van der Waals surface area contributed by atoms with Crippen molar-refractivity contribution in [3.63, 3.8) is 0 Å². The van der Waals surface area contributed by atoms with Gasteiger partial charge >= 0.3 is 6.09 Å². The summed E-state index contributed by atoms with van der Waals surface area (Å²) in [4.78, 5) is 33.9. The van der Waals surface area contributed by atoms with Crippen molar-refractivity contribution in [3.05, 3.63) is 117 Å². The number of ether oxygens (including phenoxy) is 1. The highest BCUT2D eigenvalue weighted by Gasteiger charge is 2.40. The van der Waals surface area contributed by atoms with E-state index in [0.29, 0.717) is 32.7 Å². The molecule has 2 atom stereocenters. The molecule has 0 N–H and O–H groups in total. The molecule has 1 amide bonds. The van der Waals surface area contributed by atoms with Crippen molar-refractivity contribution < 1.29 is 14.4 Å². The van der Waals surface area contributed by atoms with Gasteiger partial charge in [-0.15, -0.1) is 0 Å². The minimum Gasteiger partial charge on any atom is -0.444 e. The summed E-state index contributed by atoms with van der Waals surface area (Å²) in [6.07, 6.45) is 9.95. The third-order valence-electron chi connectivity index (χ3n) is 8.80. The SMILES string of the molecule is CC(C)(C)OC(=O)N1CCN(C2c3ccc(Cl)cc3CCc3cc(Br)cnc32)C[C@@H]1ON(CCCn1ccnc1)CCc1ccccc1. The van der Waals surface area contributed by atoms with Crippen molar-refractivity contribution in [2.24, 2.45) is 0 Å². The fourth-order valence-electron chi connectivity index (χ4n) is 6.54. The van der Waals surface area contributed by atoms with Gasteiger partial charge in [0.05, 0.1) is 18.1 Å². The highest BCUT2D eigenvalue weighted by Crippen LogP contribution is 2.39. The van der Waals surface area contributed by atoms with E-state index in [2.05, 4.69) is 72.8 Å². The Bertz CT molecular complexity index is 1610. The number of fused-ring (bicyclic) bond motifs is 2. The molecule has 2 aliphatic rings. The lowest BCUT2D eigenvalue weighted by molar-refractivity contribution is -0.249. The van der Waals surface area contributed by atoms with E-state index in [-0.39, 0.29) is 12.1 Å². The summed E-state index contributed by atoms with van der Waals surface area (Å²) in [7, 11) is 0. The van der Waals surface area contributed by atoms with Crippen molar-refractivity contribution in [3.8, 4) is 0 Å². The molecule has 2 aromatic heterocycles. The highest BCUT2D eigenvalue weighted by molar-refractivity contribution is 9.10. The van der Waals surface area contributed by atoms with E-state index in [9.17, 15) is 4.79 Å². The predicted molar refractivity (Wildman–Crippen MR) is 191 cm³/mol. The molecule has 3 heterocycles. The molecule has 1 aliphatic heterocycles. The Labute approximate surface area is 296 Å². The van der Waals surface area contributed by atoms with Crippen LogP contribution in [-0.4, -0.2) is 80.0 Å². The van der Waals surface area contributed by atoms with Crippen LogP contribution in [0.15, 0.2) is 84.0 Å². The van der Waals surface area contributed by atoms with Gasteiger partial charge in [-0.1, -0.05) is 48.0 Å². The van der Waals surface area contributed by atoms with Crippen LogP contribution in [0, 0.1) is 0 Å². The smallest absolute Gasteiger partial charge is 0.412 e. The molecular weight excluding hydrogens is 692 g/mol. The molecule has 254 valence electrons. The van der Waals surface area contributed by atoms with Crippen molar-refractivity contribution in [1.29, 1.82) is 0 Å². The van der Waals surface area contributed by atoms with Gasteiger partial charge in [-0.2, -0.15) is 5.06 Å². The van der Waals surface area contributed by atoms with E-state index in [1.165, 1.54) is 22.3 Å². The number of aromatic nitrogens is 3. The van der Waals surface area contributed by atoms with Gasteiger partial charge in [0.2, 0.25) is 0 Å². The summed E-state index contributed by atoms with van der Waals surface area (Å²) >= 11 is 10.2. The molecule has 1 aliphatic carbocycles. The second-order valence-electron chi connectivity index (χ2n) is 13.5. The van der Waals surface area contributed by atoms with Gasteiger partial charge in [-0.05, 0) is 103 Å². The third kappa shape index (κ3) is 8.84. The van der Waals surface area contributed by atoms with Crippen molar-refractivity contribution >= 4 is 33.6 Å². The zero-order chi connectivity index (χ0) is 33.7. The summed E-state index contributed by atoms with van der Waals surface area (Å²) < 4.78 is 8.95. The number of hydrogen-bond acceptors (Lipinski definition) is 7. The van der Waals surface area contributed by atoms with Gasteiger partial charge in [-0.3, -0.25) is 19.6 Å². The average molecular weight is 736 g/mol. The molecule has 0 saturated carbocycles. The summed E-state index contributed by atoms with van der Waals surface area (Å²) in [5.74, 6) is 0. The standard InChI is InChI=1S/C37H44BrClN6O3/c1-37(2,3)47-36(46)45-21-20-43(35-32-13-12-31(39)23-28(32)10-11-29-22-30(38)24-41-34(29)35)25-33(45)48-44(17-7-16-42-19-15-40-26-42)18-14-27-8-5-4-6-9-27/h4-6,8-9,12-13,15,19,22-24,26,33,35H,7,10-11,14,16-18,20-21,25H2,1-3H3/t33-,35?/m0/s1. The number of piperazine rings is 1. The molecule has 6 rings (SSSR count). The Morgan fingerprint density at radius 3 is 2.65 bits per heavy atom. The minimum absolute atomic E-state index is 0.117. The quantitative estimate of drug-likeness (QED) is 0.158. The number of pyridine rings is 1. The Morgan fingerprint density at radius 2 is 1.88 bits per heavy atom. The van der Waals surface area contributed by atoms with Crippen LogP contribution >= 0.6 is 27.5 Å². The molecule has 9 nitrogen and oxygen atoms in total. The number of rotatable bonds is 10. The maximum Gasteiger partial charge on any atom is 0.412 e. The number of hydroxylamine groups is 2. The summed E-state index contributed by atoms with van der Waals surface area (Å²) in [5, 5.41) is 2.76. The van der Waals surface area contributed by atoms with Crippen LogP contribution in [0.3, 0.4) is 0 Å². The summed E-state index contributed by atoms with van der Waals surface area (Å²) in [6, 6.07) is 18.7. The largest absolute Gasteiger partial charge is 0.444 e. The third-order valence-corrected chi connectivity index (χ3v) is 9.47. The average Bonchev–Trinajstić information content (AvgIpc) is 3.52. The Balaban J connectivity index is 1.30. The van der Waals surface area contributed by atoms with Crippen molar-refractivity contribution in [1.82, 2.24) is 29.4 Å². The molecule has 1 saturated heterocycles. The van der Waals surface area contributed by atoms with Crippen LogP contribution in [-0.2, 0) is 35.4 Å². The lowest BCUT2D eigenvalue weighted by Gasteiger charge is -2.45. The number of aryl methyl sites for hydroxylation is 3. The van der Waals surface area contributed by atoms with Gasteiger partial charge < -0.3 is 9.30 Å². The molecule has 0 bridgehead atoms. The fourth-order valence-corrected chi connectivity index (χ4v) is 7.12. The zero-order valence-corrected chi connectivity index (χ0v) is 30.2. The fraction of sp³-hybridized carbons (Fsp3) is 0.432. The number of amides is 1. The Kier molecular flexibility index (Phi) is 11.2. The van der Waals surface area contributed by atoms with E-state index in [0.717, 1.165) is 47.4 Å². The van der Waals surface area contributed by atoms with Crippen molar-refractivity contribution in [2.45, 2.75) is 70.9 Å². The lowest BCUT2D eigenvalue weighted by atomic mass is 9.96. The van der Waals surface area contributed by atoms with Crippen molar-refractivity contribution in [2.75, 3.05) is 32.7 Å². The first-order valence-corrected chi connectivity index (χ1v) is 17.9.